The molecule has 1 aliphatic rings. The zero-order valence-electron chi connectivity index (χ0n) is 7.90. The Balaban J connectivity index is 2.03. The third kappa shape index (κ3) is 2.18. The van der Waals surface area contributed by atoms with Gasteiger partial charge in [0.25, 0.3) is 0 Å². The molecule has 1 aromatic rings. The summed E-state index contributed by atoms with van der Waals surface area (Å²) in [5.74, 6) is 0. The van der Waals surface area contributed by atoms with Crippen molar-refractivity contribution in [2.75, 3.05) is 30.8 Å². The molecule has 1 saturated heterocycles. The van der Waals surface area contributed by atoms with E-state index in [1.54, 1.807) is 4.53 Å². The molecule has 76 valence electrons. The highest BCUT2D eigenvalue weighted by atomic mass is 35.5. The molecule has 0 aliphatic carbocycles. The van der Waals surface area contributed by atoms with E-state index >= 15 is 0 Å². The lowest BCUT2D eigenvalue weighted by atomic mass is 10.3. The average molecular weight is 213 g/mol. The van der Waals surface area contributed by atoms with Gasteiger partial charge in [-0.1, -0.05) is 18.2 Å². The number of nitrogens with zero attached hydrogens (tertiary/aromatic N) is 2. The first-order valence-electron chi connectivity index (χ1n) is 4.71. The summed E-state index contributed by atoms with van der Waals surface area (Å²) < 4.78 is 6.93. The van der Waals surface area contributed by atoms with E-state index < -0.39 is 0 Å². The molecule has 0 unspecified atom stereocenters. The van der Waals surface area contributed by atoms with Crippen LogP contribution in [0.5, 0.6) is 0 Å². The summed E-state index contributed by atoms with van der Waals surface area (Å²) in [7, 11) is 0. The van der Waals surface area contributed by atoms with Crippen LogP contribution in [0.2, 0.25) is 0 Å². The fourth-order valence-corrected chi connectivity index (χ4v) is 1.71. The maximum Gasteiger partial charge on any atom is 0.0708 e. The van der Waals surface area contributed by atoms with Crippen LogP contribution in [0.15, 0.2) is 30.3 Å². The normalized spacial score (nSPS) is 18.1. The summed E-state index contributed by atoms with van der Waals surface area (Å²) in [5.41, 5.74) is 0.996. The van der Waals surface area contributed by atoms with Crippen LogP contribution in [-0.2, 0) is 4.74 Å². The zero-order chi connectivity index (χ0) is 9.80. The van der Waals surface area contributed by atoms with E-state index in [0.29, 0.717) is 0 Å². The summed E-state index contributed by atoms with van der Waals surface area (Å²) in [6, 6.07) is 9.91. The first-order chi connectivity index (χ1) is 6.88. The molecule has 0 amide bonds. The summed E-state index contributed by atoms with van der Waals surface area (Å²) in [4.78, 5) is 0. The number of benzene rings is 1. The second-order valence-electron chi connectivity index (χ2n) is 3.16. The molecular formula is C10H13ClN2O. The molecule has 0 aromatic heterocycles. The predicted octanol–water partition coefficient (Wildman–Crippen LogP) is 1.89. The van der Waals surface area contributed by atoms with E-state index in [-0.39, 0.29) is 0 Å². The Morgan fingerprint density at radius 3 is 2.43 bits per heavy atom. The van der Waals surface area contributed by atoms with Crippen LogP contribution in [0.3, 0.4) is 0 Å². The van der Waals surface area contributed by atoms with Gasteiger partial charge in [0.15, 0.2) is 0 Å². The minimum atomic E-state index is 0.746. The van der Waals surface area contributed by atoms with Gasteiger partial charge in [0.05, 0.1) is 18.9 Å². The molecule has 2 rings (SSSR count). The van der Waals surface area contributed by atoms with Crippen LogP contribution in [-0.4, -0.2) is 31.3 Å². The molecule has 0 saturated carbocycles. The van der Waals surface area contributed by atoms with Crippen molar-refractivity contribution >= 4 is 17.5 Å². The maximum absolute atomic E-state index is 6.19. The molecule has 14 heavy (non-hydrogen) atoms. The van der Waals surface area contributed by atoms with Crippen molar-refractivity contribution in [1.82, 2.24) is 5.01 Å². The number of ether oxygens (including phenoxy) is 1. The summed E-state index contributed by atoms with van der Waals surface area (Å²) in [6.07, 6.45) is 0. The predicted molar refractivity (Wildman–Crippen MR) is 57.2 cm³/mol. The average Bonchev–Trinajstić information content (AvgIpc) is 2.30. The lowest BCUT2D eigenvalue weighted by molar-refractivity contribution is 0.0411. The Kier molecular flexibility index (Phi) is 3.24. The number of rotatable bonds is 2. The number of hydrazine groups is 1. The standard InChI is InChI=1S/C10H13ClN2O/c11-13(10-4-2-1-3-5-10)12-6-8-14-9-7-12/h1-5H,6-9H2. The molecule has 1 aromatic carbocycles. The second-order valence-corrected chi connectivity index (χ2v) is 3.48. The Hall–Kier alpha value is -0.770. The van der Waals surface area contributed by atoms with Crippen LogP contribution >= 0.6 is 11.8 Å². The first-order valence-corrected chi connectivity index (χ1v) is 5.05. The molecule has 4 heteroatoms. The van der Waals surface area contributed by atoms with Crippen molar-refractivity contribution in [3.05, 3.63) is 30.3 Å². The number of hydrogen-bond acceptors (Lipinski definition) is 3. The van der Waals surface area contributed by atoms with Crippen molar-refractivity contribution in [2.45, 2.75) is 0 Å². The Bertz CT molecular complexity index is 275. The smallest absolute Gasteiger partial charge is 0.0708 e. The van der Waals surface area contributed by atoms with Crippen molar-refractivity contribution in [3.63, 3.8) is 0 Å². The van der Waals surface area contributed by atoms with E-state index in [9.17, 15) is 0 Å². The summed E-state index contributed by atoms with van der Waals surface area (Å²) >= 11 is 6.19. The van der Waals surface area contributed by atoms with Gasteiger partial charge in [-0.15, -0.1) is 0 Å². The van der Waals surface area contributed by atoms with Gasteiger partial charge in [-0.2, -0.15) is 0 Å². The first kappa shape index (κ1) is 9.77. The van der Waals surface area contributed by atoms with E-state index in [0.717, 1.165) is 32.0 Å². The van der Waals surface area contributed by atoms with E-state index in [1.165, 1.54) is 0 Å². The number of morpholine rings is 1. The van der Waals surface area contributed by atoms with Crippen molar-refractivity contribution in [2.24, 2.45) is 0 Å². The molecule has 1 aliphatic heterocycles. The van der Waals surface area contributed by atoms with Crippen LogP contribution < -0.4 is 4.53 Å². The third-order valence-electron chi connectivity index (χ3n) is 2.21. The molecule has 3 nitrogen and oxygen atoms in total. The topological polar surface area (TPSA) is 15.7 Å². The third-order valence-corrected chi connectivity index (χ3v) is 2.61. The highest BCUT2D eigenvalue weighted by Crippen LogP contribution is 2.18. The molecule has 0 radical (unpaired) electrons. The van der Waals surface area contributed by atoms with Crippen LogP contribution in [0, 0.1) is 0 Å². The van der Waals surface area contributed by atoms with Crippen LogP contribution in [0.1, 0.15) is 0 Å². The Labute approximate surface area is 88.9 Å². The van der Waals surface area contributed by atoms with E-state index in [4.69, 9.17) is 16.5 Å². The van der Waals surface area contributed by atoms with Gasteiger partial charge in [0.2, 0.25) is 0 Å². The molecule has 1 heterocycles. The van der Waals surface area contributed by atoms with Gasteiger partial charge in [-0.3, -0.25) is 0 Å². The molecule has 0 bridgehead atoms. The lowest BCUT2D eigenvalue weighted by Gasteiger charge is -2.33. The van der Waals surface area contributed by atoms with Gasteiger partial charge in [0.1, 0.15) is 0 Å². The minimum Gasteiger partial charge on any atom is -0.379 e. The maximum atomic E-state index is 6.19. The van der Waals surface area contributed by atoms with E-state index in [2.05, 4.69) is 5.01 Å². The Morgan fingerprint density at radius 1 is 1.14 bits per heavy atom. The number of anilines is 1. The molecule has 1 fully saturated rings. The number of hydrogen-bond donors (Lipinski definition) is 0. The largest absolute Gasteiger partial charge is 0.379 e. The van der Waals surface area contributed by atoms with Gasteiger partial charge < -0.3 is 4.74 Å². The summed E-state index contributed by atoms with van der Waals surface area (Å²) in [6.45, 7) is 3.18. The highest BCUT2D eigenvalue weighted by Gasteiger charge is 2.16. The lowest BCUT2D eigenvalue weighted by Crippen LogP contribution is -2.44. The van der Waals surface area contributed by atoms with Gasteiger partial charge >= 0.3 is 0 Å². The van der Waals surface area contributed by atoms with Crippen LogP contribution in [0.4, 0.5) is 5.69 Å². The Morgan fingerprint density at radius 2 is 1.79 bits per heavy atom. The molecular weight excluding hydrogens is 200 g/mol. The number of halogens is 1. The van der Waals surface area contributed by atoms with Crippen molar-refractivity contribution in [1.29, 1.82) is 0 Å². The highest BCUT2D eigenvalue weighted by molar-refractivity contribution is 6.25. The van der Waals surface area contributed by atoms with Gasteiger partial charge in [-0.05, 0) is 12.1 Å². The monoisotopic (exact) mass is 212 g/mol. The minimum absolute atomic E-state index is 0.746. The fraction of sp³-hybridized carbons (Fsp3) is 0.400. The number of para-hydroxylation sites is 1. The summed E-state index contributed by atoms with van der Waals surface area (Å²) in [5, 5.41) is 2.07. The zero-order valence-corrected chi connectivity index (χ0v) is 8.65. The van der Waals surface area contributed by atoms with Crippen molar-refractivity contribution < 1.29 is 4.74 Å². The van der Waals surface area contributed by atoms with E-state index in [1.807, 2.05) is 30.3 Å². The molecule has 0 atom stereocenters. The molecule has 0 N–H and O–H groups in total. The van der Waals surface area contributed by atoms with Crippen LogP contribution in [0.25, 0.3) is 0 Å². The van der Waals surface area contributed by atoms with Crippen molar-refractivity contribution in [3.8, 4) is 0 Å². The van der Waals surface area contributed by atoms with Gasteiger partial charge in [-0.25, -0.2) is 9.54 Å². The quantitative estimate of drug-likeness (QED) is 0.697. The van der Waals surface area contributed by atoms with Gasteiger partial charge in [0, 0.05) is 24.9 Å². The SMILES string of the molecule is ClN(c1ccccc1)N1CCOCC1. The second kappa shape index (κ2) is 4.64. The molecule has 0 spiro atoms. The fourth-order valence-electron chi connectivity index (χ4n) is 1.44.